The van der Waals surface area contributed by atoms with Crippen LogP contribution in [-0.4, -0.2) is 46.7 Å². The minimum Gasteiger partial charge on any atom is -0.478 e. The molecule has 112 valence electrons. The van der Waals surface area contributed by atoms with Gasteiger partial charge in [-0.1, -0.05) is 12.1 Å². The predicted octanol–water partition coefficient (Wildman–Crippen LogP) is 1.63. The van der Waals surface area contributed by atoms with Crippen molar-refractivity contribution < 1.29 is 19.8 Å². The van der Waals surface area contributed by atoms with E-state index in [2.05, 4.69) is 0 Å². The minimum atomic E-state index is -1.02. The van der Waals surface area contributed by atoms with Gasteiger partial charge in [-0.2, -0.15) is 0 Å². The average Bonchev–Trinajstić information content (AvgIpc) is 2.43. The molecule has 0 saturated heterocycles. The third-order valence-corrected chi connectivity index (χ3v) is 3.64. The van der Waals surface area contributed by atoms with Crippen LogP contribution in [0.25, 0.3) is 6.08 Å². The fraction of sp³-hybridized carbons (Fsp3) is 0.375. The van der Waals surface area contributed by atoms with Crippen molar-refractivity contribution in [2.24, 2.45) is 5.92 Å². The van der Waals surface area contributed by atoms with E-state index in [9.17, 15) is 14.7 Å². The Bertz CT molecular complexity index is 561. The summed E-state index contributed by atoms with van der Waals surface area (Å²) >= 11 is 0. The normalized spacial score (nSPS) is 21.0. The zero-order valence-electron chi connectivity index (χ0n) is 11.9. The van der Waals surface area contributed by atoms with E-state index < -0.39 is 5.97 Å². The van der Waals surface area contributed by atoms with Crippen LogP contribution in [-0.2, 0) is 4.79 Å². The lowest BCUT2D eigenvalue weighted by molar-refractivity contribution is -0.131. The second kappa shape index (κ2) is 6.54. The van der Waals surface area contributed by atoms with Crippen LogP contribution < -0.4 is 0 Å². The second-order valence-corrected chi connectivity index (χ2v) is 5.47. The van der Waals surface area contributed by atoms with Crippen molar-refractivity contribution in [2.75, 3.05) is 13.6 Å². The smallest absolute Gasteiger partial charge is 0.328 e. The summed E-state index contributed by atoms with van der Waals surface area (Å²) in [5.74, 6) is -0.751. The molecule has 0 radical (unpaired) electrons. The highest BCUT2D eigenvalue weighted by Crippen LogP contribution is 2.27. The minimum absolute atomic E-state index is 0.0954. The summed E-state index contributed by atoms with van der Waals surface area (Å²) in [6, 6.07) is 6.87. The molecule has 5 heteroatoms. The summed E-state index contributed by atoms with van der Waals surface area (Å²) in [5.41, 5.74) is 1.21. The van der Waals surface area contributed by atoms with Gasteiger partial charge >= 0.3 is 5.97 Å². The fourth-order valence-corrected chi connectivity index (χ4v) is 2.48. The van der Waals surface area contributed by atoms with Gasteiger partial charge in [-0.05, 0) is 42.5 Å². The van der Waals surface area contributed by atoms with E-state index >= 15 is 0 Å². The third-order valence-electron chi connectivity index (χ3n) is 3.64. The number of carbonyl (C=O) groups excluding carboxylic acids is 1. The Morgan fingerprint density at radius 3 is 2.71 bits per heavy atom. The predicted molar refractivity (Wildman–Crippen MR) is 78.8 cm³/mol. The quantitative estimate of drug-likeness (QED) is 0.808. The first kappa shape index (κ1) is 15.3. The summed E-state index contributed by atoms with van der Waals surface area (Å²) in [6.07, 6.45) is 3.78. The molecular weight excluding hydrogens is 270 g/mol. The van der Waals surface area contributed by atoms with Crippen LogP contribution in [0, 0.1) is 5.92 Å². The van der Waals surface area contributed by atoms with Crippen LogP contribution in [0.5, 0.6) is 0 Å². The molecule has 0 heterocycles. The summed E-state index contributed by atoms with van der Waals surface area (Å²) < 4.78 is 0. The molecule has 2 rings (SSSR count). The maximum Gasteiger partial charge on any atom is 0.328 e. The Morgan fingerprint density at radius 2 is 2.10 bits per heavy atom. The Hall–Kier alpha value is -2.14. The van der Waals surface area contributed by atoms with E-state index in [1.165, 1.54) is 6.08 Å². The molecule has 0 atom stereocenters. The molecule has 0 aliphatic heterocycles. The maximum absolute atomic E-state index is 12.3. The number of hydrogen-bond acceptors (Lipinski definition) is 3. The van der Waals surface area contributed by atoms with Crippen molar-refractivity contribution in [3.8, 4) is 0 Å². The number of carboxylic acids is 1. The van der Waals surface area contributed by atoms with Gasteiger partial charge in [0.05, 0.1) is 6.10 Å². The van der Waals surface area contributed by atoms with Crippen LogP contribution in [0.3, 0.4) is 0 Å². The highest BCUT2D eigenvalue weighted by Gasteiger charge is 2.29. The van der Waals surface area contributed by atoms with Crippen LogP contribution in [0.2, 0.25) is 0 Å². The van der Waals surface area contributed by atoms with Crippen LogP contribution in [0.1, 0.15) is 28.8 Å². The van der Waals surface area contributed by atoms with Crippen molar-refractivity contribution in [3.63, 3.8) is 0 Å². The Kier molecular flexibility index (Phi) is 4.75. The molecule has 1 aromatic carbocycles. The number of aliphatic hydroxyl groups is 1. The van der Waals surface area contributed by atoms with E-state index in [-0.39, 0.29) is 12.0 Å². The van der Waals surface area contributed by atoms with Crippen molar-refractivity contribution in [2.45, 2.75) is 18.9 Å². The highest BCUT2D eigenvalue weighted by molar-refractivity contribution is 5.95. The van der Waals surface area contributed by atoms with E-state index in [0.717, 1.165) is 18.9 Å². The maximum atomic E-state index is 12.3. The first-order valence-electron chi connectivity index (χ1n) is 6.90. The number of nitrogens with zero attached hydrogens (tertiary/aromatic N) is 1. The van der Waals surface area contributed by atoms with Gasteiger partial charge in [0, 0.05) is 25.2 Å². The molecule has 21 heavy (non-hydrogen) atoms. The molecule has 1 aliphatic rings. The number of carbonyl (C=O) groups is 2. The SMILES string of the molecule is CN(CC1CC(O)C1)C(=O)c1cccc(C=CC(=O)O)c1. The van der Waals surface area contributed by atoms with Gasteiger partial charge < -0.3 is 15.1 Å². The molecule has 1 saturated carbocycles. The molecule has 0 bridgehead atoms. The highest BCUT2D eigenvalue weighted by atomic mass is 16.4. The monoisotopic (exact) mass is 289 g/mol. The summed E-state index contributed by atoms with van der Waals surface area (Å²) in [5, 5.41) is 17.9. The van der Waals surface area contributed by atoms with E-state index in [0.29, 0.717) is 23.6 Å². The van der Waals surface area contributed by atoms with E-state index in [4.69, 9.17) is 5.11 Å². The van der Waals surface area contributed by atoms with E-state index in [1.807, 2.05) is 0 Å². The van der Waals surface area contributed by atoms with E-state index in [1.54, 1.807) is 36.2 Å². The van der Waals surface area contributed by atoms with Gasteiger partial charge in [0.15, 0.2) is 0 Å². The fourth-order valence-electron chi connectivity index (χ4n) is 2.48. The molecule has 1 fully saturated rings. The van der Waals surface area contributed by atoms with Crippen molar-refractivity contribution >= 4 is 18.0 Å². The molecular formula is C16H19NO4. The van der Waals surface area contributed by atoms with Crippen LogP contribution >= 0.6 is 0 Å². The molecule has 0 spiro atoms. The molecule has 0 unspecified atom stereocenters. The standard InChI is InChI=1S/C16H19NO4/c1-17(10-12-8-14(18)9-12)16(21)13-4-2-3-11(7-13)5-6-15(19)20/h2-7,12,14,18H,8-10H2,1H3,(H,19,20). The number of hydrogen-bond donors (Lipinski definition) is 2. The average molecular weight is 289 g/mol. The largest absolute Gasteiger partial charge is 0.478 e. The van der Waals surface area contributed by atoms with Crippen molar-refractivity contribution in [1.82, 2.24) is 4.90 Å². The molecule has 5 nitrogen and oxygen atoms in total. The number of rotatable bonds is 5. The topological polar surface area (TPSA) is 77.8 Å². The van der Waals surface area contributed by atoms with Gasteiger partial charge in [-0.3, -0.25) is 4.79 Å². The number of aliphatic hydroxyl groups excluding tert-OH is 1. The first-order valence-corrected chi connectivity index (χ1v) is 6.90. The Balaban J connectivity index is 2.01. The molecule has 1 amide bonds. The first-order chi connectivity index (χ1) is 9.95. The molecule has 2 N–H and O–H groups in total. The lowest BCUT2D eigenvalue weighted by Crippen LogP contribution is -2.39. The molecule has 1 aromatic rings. The van der Waals surface area contributed by atoms with Crippen LogP contribution in [0.15, 0.2) is 30.3 Å². The Morgan fingerprint density at radius 1 is 1.38 bits per heavy atom. The summed E-state index contributed by atoms with van der Waals surface area (Å²) in [6.45, 7) is 0.630. The summed E-state index contributed by atoms with van der Waals surface area (Å²) in [4.78, 5) is 24.5. The molecule has 1 aliphatic carbocycles. The van der Waals surface area contributed by atoms with Crippen LogP contribution in [0.4, 0.5) is 0 Å². The lowest BCUT2D eigenvalue weighted by Gasteiger charge is -2.34. The lowest BCUT2D eigenvalue weighted by atomic mass is 9.82. The van der Waals surface area contributed by atoms with Gasteiger partial charge in [-0.15, -0.1) is 0 Å². The molecule has 0 aromatic heterocycles. The number of benzene rings is 1. The summed E-state index contributed by atoms with van der Waals surface area (Å²) in [7, 11) is 1.74. The zero-order chi connectivity index (χ0) is 15.4. The zero-order valence-corrected chi connectivity index (χ0v) is 11.9. The number of carboxylic acid groups (broad SMARTS) is 1. The van der Waals surface area contributed by atoms with Gasteiger partial charge in [-0.25, -0.2) is 4.79 Å². The van der Waals surface area contributed by atoms with Gasteiger partial charge in [0.2, 0.25) is 0 Å². The van der Waals surface area contributed by atoms with Crippen molar-refractivity contribution in [3.05, 3.63) is 41.5 Å². The number of aliphatic carboxylic acids is 1. The Labute approximate surface area is 123 Å². The van der Waals surface area contributed by atoms with Gasteiger partial charge in [0.1, 0.15) is 0 Å². The van der Waals surface area contributed by atoms with Gasteiger partial charge in [0.25, 0.3) is 5.91 Å². The van der Waals surface area contributed by atoms with Crippen molar-refractivity contribution in [1.29, 1.82) is 0 Å². The number of amides is 1. The third kappa shape index (κ3) is 4.16. The second-order valence-electron chi connectivity index (χ2n) is 5.47.